The Morgan fingerprint density at radius 3 is 2.12 bits per heavy atom. The smallest absolute Gasteiger partial charge is 0.171 e. The van der Waals surface area contributed by atoms with Gasteiger partial charge in [-0.15, -0.1) is 0 Å². The quantitative estimate of drug-likeness (QED) is 0.254. The number of benzene rings is 2. The van der Waals surface area contributed by atoms with E-state index in [0.717, 1.165) is 11.5 Å². The Morgan fingerprint density at radius 2 is 1.41 bits per heavy atom. The Kier molecular flexibility index (Phi) is 11.0. The van der Waals surface area contributed by atoms with E-state index in [2.05, 4.69) is 55.5 Å². The monoisotopic (exact) mass is 472 g/mol. The van der Waals surface area contributed by atoms with Gasteiger partial charge >= 0.3 is 6.18 Å². The van der Waals surface area contributed by atoms with E-state index in [0.29, 0.717) is 18.8 Å². The minimum Gasteiger partial charge on any atom is -0.171 e. The lowest BCUT2D eigenvalue weighted by molar-refractivity contribution is -0.135. The van der Waals surface area contributed by atoms with E-state index in [4.69, 9.17) is 0 Å². The first-order chi connectivity index (χ1) is 16.5. The van der Waals surface area contributed by atoms with Crippen molar-refractivity contribution in [3.05, 3.63) is 59.7 Å². The van der Waals surface area contributed by atoms with Crippen LogP contribution in [0.1, 0.15) is 114 Å². The zero-order chi connectivity index (χ0) is 24.2. The molecule has 1 aliphatic carbocycles. The summed E-state index contributed by atoms with van der Waals surface area (Å²) in [5.74, 6) is 1.55. The summed E-state index contributed by atoms with van der Waals surface area (Å²) >= 11 is 0. The molecule has 2 aromatic carbocycles. The third-order valence-electron chi connectivity index (χ3n) is 7.65. The maximum Gasteiger partial charge on any atom is 0.389 e. The molecule has 1 saturated carbocycles. The van der Waals surface area contributed by atoms with Gasteiger partial charge in [0.25, 0.3) is 0 Å². The summed E-state index contributed by atoms with van der Waals surface area (Å²) in [6, 6.07) is 17.3. The van der Waals surface area contributed by atoms with Crippen molar-refractivity contribution < 1.29 is 13.2 Å². The van der Waals surface area contributed by atoms with Gasteiger partial charge in [0.15, 0.2) is 0 Å². The maximum absolute atomic E-state index is 12.3. The summed E-state index contributed by atoms with van der Waals surface area (Å²) in [5.41, 5.74) is 5.14. The van der Waals surface area contributed by atoms with Gasteiger partial charge in [0.1, 0.15) is 0 Å². The van der Waals surface area contributed by atoms with E-state index < -0.39 is 12.6 Å². The van der Waals surface area contributed by atoms with Crippen molar-refractivity contribution in [2.45, 2.75) is 115 Å². The molecule has 0 bridgehead atoms. The maximum atomic E-state index is 12.3. The molecule has 0 unspecified atom stereocenters. The highest BCUT2D eigenvalue weighted by Gasteiger charge is 2.26. The largest absolute Gasteiger partial charge is 0.389 e. The van der Waals surface area contributed by atoms with Crippen LogP contribution < -0.4 is 0 Å². The second-order valence-electron chi connectivity index (χ2n) is 10.4. The van der Waals surface area contributed by atoms with E-state index in [-0.39, 0.29) is 6.42 Å². The van der Waals surface area contributed by atoms with Crippen LogP contribution in [0.2, 0.25) is 0 Å². The molecule has 1 aliphatic rings. The molecule has 3 rings (SSSR count). The third-order valence-corrected chi connectivity index (χ3v) is 7.65. The summed E-state index contributed by atoms with van der Waals surface area (Å²) in [6.45, 7) is 2.28. The predicted octanol–water partition coefficient (Wildman–Crippen LogP) is 10.7. The average Bonchev–Trinajstić information content (AvgIpc) is 2.84. The molecule has 2 aromatic rings. The fourth-order valence-electron chi connectivity index (χ4n) is 5.60. The zero-order valence-electron chi connectivity index (χ0n) is 21.0. The van der Waals surface area contributed by atoms with Crippen molar-refractivity contribution in [1.82, 2.24) is 0 Å². The number of hydrogen-bond acceptors (Lipinski definition) is 0. The van der Waals surface area contributed by atoms with Crippen LogP contribution in [0.5, 0.6) is 0 Å². The summed E-state index contributed by atoms with van der Waals surface area (Å²) < 4.78 is 37.0. The molecule has 188 valence electrons. The predicted molar refractivity (Wildman–Crippen MR) is 138 cm³/mol. The molecule has 34 heavy (non-hydrogen) atoms. The highest BCUT2D eigenvalue weighted by molar-refractivity contribution is 5.68. The minimum absolute atomic E-state index is 0.204. The molecule has 0 amide bonds. The van der Waals surface area contributed by atoms with E-state index in [9.17, 15) is 13.2 Å². The molecule has 0 aliphatic heterocycles. The number of hydrogen-bond donors (Lipinski definition) is 0. The standard InChI is InChI=1S/C31H43F3/c1-2-3-4-5-6-7-12-25-16-20-27(21-17-25)29-14-8-9-15-30(29)28-22-18-26(19-23-28)13-10-11-24-31(32,33)34/h8-9,14-15,18-19,22-23,25,27H,2-7,10-13,16-17,20-21,24H2,1H3. The molecule has 0 radical (unpaired) electrons. The van der Waals surface area contributed by atoms with Crippen LogP contribution in [0.4, 0.5) is 13.2 Å². The number of unbranched alkanes of at least 4 members (excludes halogenated alkanes) is 6. The summed E-state index contributed by atoms with van der Waals surface area (Å²) in [4.78, 5) is 0. The first-order valence-electron chi connectivity index (χ1n) is 13.7. The van der Waals surface area contributed by atoms with Crippen LogP contribution in [0.15, 0.2) is 48.5 Å². The van der Waals surface area contributed by atoms with Gasteiger partial charge in [-0.25, -0.2) is 0 Å². The van der Waals surface area contributed by atoms with E-state index in [1.807, 2.05) is 0 Å². The number of halogens is 3. The van der Waals surface area contributed by atoms with E-state index >= 15 is 0 Å². The van der Waals surface area contributed by atoms with Gasteiger partial charge in [0.05, 0.1) is 0 Å². The van der Waals surface area contributed by atoms with Crippen LogP contribution in [-0.4, -0.2) is 6.18 Å². The van der Waals surface area contributed by atoms with Crippen LogP contribution in [0.25, 0.3) is 11.1 Å². The lowest BCUT2D eigenvalue weighted by Crippen LogP contribution is -2.14. The SMILES string of the molecule is CCCCCCCCC1CCC(c2ccccc2-c2ccc(CCCCC(F)(F)F)cc2)CC1. The first kappa shape index (κ1) is 26.8. The van der Waals surface area contributed by atoms with Crippen molar-refractivity contribution in [2.75, 3.05) is 0 Å². The molecule has 1 fully saturated rings. The molecular formula is C31H43F3. The Bertz CT molecular complexity index is 813. The lowest BCUT2D eigenvalue weighted by atomic mass is 9.75. The van der Waals surface area contributed by atoms with Crippen molar-refractivity contribution >= 4 is 0 Å². The molecule has 0 aromatic heterocycles. The first-order valence-corrected chi connectivity index (χ1v) is 13.7. The second kappa shape index (κ2) is 14.0. The van der Waals surface area contributed by atoms with Gasteiger partial charge in [-0.3, -0.25) is 0 Å². The summed E-state index contributed by atoms with van der Waals surface area (Å²) in [6.07, 6.45) is 11.8. The third kappa shape index (κ3) is 9.12. The number of aryl methyl sites for hydroxylation is 1. The Labute approximate surface area is 205 Å². The molecule has 0 heterocycles. The molecule has 0 atom stereocenters. The Morgan fingerprint density at radius 1 is 0.735 bits per heavy atom. The molecular weight excluding hydrogens is 429 g/mol. The van der Waals surface area contributed by atoms with Crippen molar-refractivity contribution in [3.63, 3.8) is 0 Å². The lowest BCUT2D eigenvalue weighted by Gasteiger charge is -2.30. The van der Waals surface area contributed by atoms with Crippen LogP contribution in [-0.2, 0) is 6.42 Å². The summed E-state index contributed by atoms with van der Waals surface area (Å²) in [5, 5.41) is 0. The molecule has 3 heteroatoms. The molecule has 0 spiro atoms. The Balaban J connectivity index is 1.49. The fourth-order valence-corrected chi connectivity index (χ4v) is 5.60. The zero-order valence-corrected chi connectivity index (χ0v) is 21.0. The molecule has 0 nitrogen and oxygen atoms in total. The molecule has 0 N–H and O–H groups in total. The van der Waals surface area contributed by atoms with Crippen molar-refractivity contribution in [2.24, 2.45) is 5.92 Å². The van der Waals surface area contributed by atoms with Crippen LogP contribution in [0.3, 0.4) is 0 Å². The van der Waals surface area contributed by atoms with Gasteiger partial charge in [0.2, 0.25) is 0 Å². The number of alkyl halides is 3. The second-order valence-corrected chi connectivity index (χ2v) is 10.4. The Hall–Kier alpha value is -1.77. The fraction of sp³-hybridized carbons (Fsp3) is 0.613. The van der Waals surface area contributed by atoms with E-state index in [1.165, 1.54) is 87.3 Å². The van der Waals surface area contributed by atoms with Gasteiger partial charge in [-0.05, 0) is 79.0 Å². The minimum atomic E-state index is -4.04. The van der Waals surface area contributed by atoms with Crippen molar-refractivity contribution in [3.8, 4) is 11.1 Å². The van der Waals surface area contributed by atoms with Crippen molar-refractivity contribution in [1.29, 1.82) is 0 Å². The van der Waals surface area contributed by atoms with Gasteiger partial charge in [0, 0.05) is 6.42 Å². The van der Waals surface area contributed by atoms with Crippen LogP contribution >= 0.6 is 0 Å². The normalized spacial score (nSPS) is 18.8. The highest BCUT2D eigenvalue weighted by atomic mass is 19.4. The number of rotatable bonds is 13. The van der Waals surface area contributed by atoms with Crippen LogP contribution in [0, 0.1) is 5.92 Å². The van der Waals surface area contributed by atoms with Gasteiger partial charge in [-0.2, -0.15) is 13.2 Å². The highest BCUT2D eigenvalue weighted by Crippen LogP contribution is 2.41. The summed E-state index contributed by atoms with van der Waals surface area (Å²) in [7, 11) is 0. The van der Waals surface area contributed by atoms with E-state index in [1.54, 1.807) is 0 Å². The average molecular weight is 473 g/mol. The van der Waals surface area contributed by atoms with Gasteiger partial charge in [-0.1, -0.05) is 100 Å². The topological polar surface area (TPSA) is 0 Å². The molecule has 0 saturated heterocycles. The van der Waals surface area contributed by atoms with Gasteiger partial charge < -0.3 is 0 Å².